The van der Waals surface area contributed by atoms with E-state index in [-0.39, 0.29) is 23.3 Å². The molecule has 164 valence electrons. The van der Waals surface area contributed by atoms with Gasteiger partial charge in [0.1, 0.15) is 0 Å². The molecule has 1 amide bonds. The van der Waals surface area contributed by atoms with Gasteiger partial charge in [0.25, 0.3) is 10.0 Å². The van der Waals surface area contributed by atoms with E-state index in [1.165, 1.54) is 19.2 Å². The molecule has 8 nitrogen and oxygen atoms in total. The predicted molar refractivity (Wildman–Crippen MR) is 115 cm³/mol. The van der Waals surface area contributed by atoms with E-state index < -0.39 is 27.3 Å². The smallest absolute Gasteiger partial charge is 0.428 e. The third-order valence-electron chi connectivity index (χ3n) is 3.97. The molecule has 1 unspecified atom stereocenters. The van der Waals surface area contributed by atoms with Crippen molar-refractivity contribution in [2.75, 3.05) is 13.6 Å². The topological polar surface area (TPSA) is 93.2 Å². The molecule has 0 saturated carbocycles. The van der Waals surface area contributed by atoms with Crippen LogP contribution in [-0.2, 0) is 21.2 Å². The van der Waals surface area contributed by atoms with Crippen molar-refractivity contribution in [3.05, 3.63) is 54.1 Å². The molecular formula is C20H26N2O6S2. The van der Waals surface area contributed by atoms with E-state index in [4.69, 9.17) is 9.47 Å². The second kappa shape index (κ2) is 10.1. The normalized spacial score (nSPS) is 12.6. The zero-order chi connectivity index (χ0) is 22.5. The molecule has 10 heteroatoms. The van der Waals surface area contributed by atoms with E-state index >= 15 is 0 Å². The largest absolute Gasteiger partial charge is 0.487 e. The van der Waals surface area contributed by atoms with Crippen molar-refractivity contribution in [2.24, 2.45) is 0 Å². The lowest BCUT2D eigenvalue weighted by Gasteiger charge is -2.25. The van der Waals surface area contributed by atoms with Gasteiger partial charge in [0, 0.05) is 13.6 Å². The zero-order valence-corrected chi connectivity index (χ0v) is 19.2. The van der Waals surface area contributed by atoms with Crippen LogP contribution in [0, 0.1) is 6.92 Å². The molecule has 0 aliphatic carbocycles. The molecule has 1 atom stereocenters. The summed E-state index contributed by atoms with van der Waals surface area (Å²) >= 11 is -2.34. The van der Waals surface area contributed by atoms with Crippen LogP contribution >= 0.6 is 0 Å². The van der Waals surface area contributed by atoms with Crippen LogP contribution in [0.4, 0.5) is 4.79 Å². The van der Waals surface area contributed by atoms with Gasteiger partial charge in [-0.15, -0.1) is 0 Å². The molecule has 0 radical (unpaired) electrons. The monoisotopic (exact) mass is 454 g/mol. The summed E-state index contributed by atoms with van der Waals surface area (Å²) in [6.07, 6.45) is -1.13. The number of hydrogen-bond acceptors (Lipinski definition) is 6. The highest BCUT2D eigenvalue weighted by molar-refractivity contribution is 8.00. The van der Waals surface area contributed by atoms with Crippen molar-refractivity contribution in [2.45, 2.75) is 38.7 Å². The maximum Gasteiger partial charge on any atom is 0.428 e. The molecule has 0 heterocycles. The molecule has 2 rings (SSSR count). The first-order valence-electron chi connectivity index (χ1n) is 9.31. The molecule has 0 aliphatic rings. The summed E-state index contributed by atoms with van der Waals surface area (Å²) in [5.41, 5.74) is 0.512. The van der Waals surface area contributed by atoms with Crippen LogP contribution in [0.3, 0.4) is 0 Å². The second-order valence-electron chi connectivity index (χ2n) is 6.60. The Kier molecular flexibility index (Phi) is 7.99. The molecule has 2 aromatic rings. The number of carbonyl (C=O) groups is 1. The Morgan fingerprint density at radius 3 is 2.20 bits per heavy atom. The Labute approximate surface area is 180 Å². The fourth-order valence-corrected chi connectivity index (χ4v) is 5.72. The maximum absolute atomic E-state index is 13.0. The second-order valence-corrected chi connectivity index (χ2v) is 10.1. The van der Waals surface area contributed by atoms with Gasteiger partial charge in [-0.05, 0) is 44.5 Å². The lowest BCUT2D eigenvalue weighted by Crippen LogP contribution is -2.44. The number of ether oxygens (including phenoxy) is 2. The fourth-order valence-electron chi connectivity index (χ4n) is 2.56. The van der Waals surface area contributed by atoms with Crippen molar-refractivity contribution in [1.82, 2.24) is 8.02 Å². The molecule has 2 aromatic carbocycles. The minimum absolute atomic E-state index is 0.0256. The average molecular weight is 455 g/mol. The van der Waals surface area contributed by atoms with Gasteiger partial charge in [0.15, 0.2) is 11.5 Å². The number of nitrogens with zero attached hydrogens (tertiary/aromatic N) is 2. The molecule has 0 aromatic heterocycles. The third-order valence-corrected chi connectivity index (χ3v) is 7.98. The molecule has 0 spiro atoms. The van der Waals surface area contributed by atoms with Crippen LogP contribution in [0.25, 0.3) is 0 Å². The molecule has 0 bridgehead atoms. The summed E-state index contributed by atoms with van der Waals surface area (Å²) in [6.45, 7) is 6.74. The Hall–Kier alpha value is -2.43. The number of sulfonamides is 1. The summed E-state index contributed by atoms with van der Waals surface area (Å²) in [5, 5.41) is 0. The van der Waals surface area contributed by atoms with Crippen molar-refractivity contribution < 1.29 is 26.9 Å². The van der Waals surface area contributed by atoms with Gasteiger partial charge in [-0.2, -0.15) is 0 Å². The number of hydrogen-bond donors (Lipinski definition) is 0. The predicted octanol–water partition coefficient (Wildman–Crippen LogP) is 3.50. The SMILES string of the molecule is CCN(S(=O)N(C)C(=O)Oc1ccccc1OC(C)C)S(=O)(=O)c1ccccc1C. The van der Waals surface area contributed by atoms with Gasteiger partial charge in [-0.1, -0.05) is 41.0 Å². The first-order chi connectivity index (χ1) is 14.1. The Morgan fingerprint density at radius 1 is 1.07 bits per heavy atom. The van der Waals surface area contributed by atoms with Crippen molar-refractivity contribution >= 4 is 27.3 Å². The standard InChI is InChI=1S/C20H26N2O6S2/c1-6-22(30(25,26)19-14-10-7-11-16(19)4)29(24)21(5)20(23)28-18-13-9-8-12-17(18)27-15(2)3/h7-15H,6H2,1-5H3. The van der Waals surface area contributed by atoms with Gasteiger partial charge in [0.05, 0.1) is 11.0 Å². The quantitative estimate of drug-likeness (QED) is 0.606. The number of carbonyl (C=O) groups excluding carboxylic acids is 1. The molecule has 0 aliphatic heterocycles. The number of para-hydroxylation sites is 2. The highest BCUT2D eigenvalue weighted by atomic mass is 32.3. The minimum atomic E-state index is -4.10. The lowest BCUT2D eigenvalue weighted by atomic mass is 10.2. The number of rotatable bonds is 8. The van der Waals surface area contributed by atoms with Crippen LogP contribution in [0.1, 0.15) is 26.3 Å². The van der Waals surface area contributed by atoms with Gasteiger partial charge in [-0.25, -0.2) is 21.7 Å². The van der Waals surface area contributed by atoms with Gasteiger partial charge in [-0.3, -0.25) is 0 Å². The van der Waals surface area contributed by atoms with Crippen molar-refractivity contribution in [1.29, 1.82) is 0 Å². The van der Waals surface area contributed by atoms with E-state index in [9.17, 15) is 17.4 Å². The minimum Gasteiger partial charge on any atom is -0.487 e. The summed E-state index contributed by atoms with van der Waals surface area (Å²) in [7, 11) is -2.89. The summed E-state index contributed by atoms with van der Waals surface area (Å²) in [4.78, 5) is 12.6. The Bertz CT molecular complexity index is 1020. The zero-order valence-electron chi connectivity index (χ0n) is 17.6. The van der Waals surface area contributed by atoms with E-state index in [1.54, 1.807) is 50.2 Å². The number of aryl methyl sites for hydroxylation is 1. The number of amides is 1. The lowest BCUT2D eigenvalue weighted by molar-refractivity contribution is 0.178. The first-order valence-corrected chi connectivity index (χ1v) is 11.8. The molecular weight excluding hydrogens is 428 g/mol. The average Bonchev–Trinajstić information content (AvgIpc) is 2.68. The summed E-state index contributed by atoms with van der Waals surface area (Å²) < 4.78 is 51.4. The molecule has 0 N–H and O–H groups in total. The van der Waals surface area contributed by atoms with Crippen LogP contribution < -0.4 is 9.47 Å². The van der Waals surface area contributed by atoms with E-state index in [2.05, 4.69) is 0 Å². The fraction of sp³-hybridized carbons (Fsp3) is 0.350. The van der Waals surface area contributed by atoms with E-state index in [0.717, 1.165) is 8.02 Å². The molecule has 30 heavy (non-hydrogen) atoms. The van der Waals surface area contributed by atoms with Crippen molar-refractivity contribution in [3.8, 4) is 11.5 Å². The Balaban J connectivity index is 2.25. The van der Waals surface area contributed by atoms with E-state index in [0.29, 0.717) is 11.3 Å². The summed E-state index contributed by atoms with van der Waals surface area (Å²) in [6, 6.07) is 12.9. The maximum atomic E-state index is 13.0. The van der Waals surface area contributed by atoms with Crippen LogP contribution in [-0.4, -0.2) is 46.4 Å². The van der Waals surface area contributed by atoms with Crippen LogP contribution in [0.2, 0.25) is 0 Å². The Morgan fingerprint density at radius 2 is 1.63 bits per heavy atom. The van der Waals surface area contributed by atoms with Gasteiger partial charge < -0.3 is 9.47 Å². The molecule has 0 fully saturated rings. The van der Waals surface area contributed by atoms with Crippen molar-refractivity contribution in [3.63, 3.8) is 0 Å². The third kappa shape index (κ3) is 5.38. The van der Waals surface area contributed by atoms with Crippen LogP contribution in [0.5, 0.6) is 11.5 Å². The van der Waals surface area contributed by atoms with E-state index in [1.807, 2.05) is 13.8 Å². The van der Waals surface area contributed by atoms with Gasteiger partial charge in [0.2, 0.25) is 11.2 Å². The van der Waals surface area contributed by atoms with Gasteiger partial charge >= 0.3 is 6.09 Å². The van der Waals surface area contributed by atoms with Crippen LogP contribution in [0.15, 0.2) is 53.4 Å². The first kappa shape index (κ1) is 23.8. The molecule has 0 saturated heterocycles. The number of benzene rings is 2. The highest BCUT2D eigenvalue weighted by Gasteiger charge is 2.34. The summed E-state index contributed by atoms with van der Waals surface area (Å²) in [5.74, 6) is 0.491. The highest BCUT2D eigenvalue weighted by Crippen LogP contribution is 2.28.